The summed E-state index contributed by atoms with van der Waals surface area (Å²) in [5, 5.41) is 23.6. The van der Waals surface area contributed by atoms with Crippen molar-refractivity contribution >= 4 is 58.2 Å². The maximum Gasteiger partial charge on any atom is 0.326 e. The number of carbonyl (C=O) groups excluding carboxylic acids is 3. The zero-order valence-electron chi connectivity index (χ0n) is 53.4. The van der Waals surface area contributed by atoms with Crippen LogP contribution in [0.1, 0.15) is 122 Å². The number of carbonyl (C=O) groups is 4. The predicted molar refractivity (Wildman–Crippen MR) is 345 cm³/mol. The largest absolute Gasteiger partial charge is 0.480 e. The van der Waals surface area contributed by atoms with E-state index in [2.05, 4.69) is 55.8 Å². The van der Waals surface area contributed by atoms with E-state index in [-0.39, 0.29) is 111 Å². The molecule has 30 nitrogen and oxygen atoms in total. The fraction of sp³-hybridized carbons (Fsp3) is 0.381. The first-order valence-electron chi connectivity index (χ1n) is 30.5. The Morgan fingerprint density at radius 1 is 0.674 bits per heavy atom. The maximum absolute atomic E-state index is 14.4. The van der Waals surface area contributed by atoms with Gasteiger partial charge in [-0.25, -0.2) is 54.6 Å². The van der Waals surface area contributed by atoms with E-state index in [1.54, 1.807) is 50.4 Å². The molecule has 32 heteroatoms. The van der Waals surface area contributed by atoms with Gasteiger partial charge in [-0.1, -0.05) is 70.9 Å². The zero-order valence-corrected chi connectivity index (χ0v) is 55.0. The summed E-state index contributed by atoms with van der Waals surface area (Å²) >= 11 is 2.86. The van der Waals surface area contributed by atoms with E-state index in [0.717, 1.165) is 23.4 Å². The van der Waals surface area contributed by atoms with E-state index in [1.165, 1.54) is 47.7 Å². The Kier molecular flexibility index (Phi) is 19.7. The monoisotopic (exact) mass is 1340 g/mol. The molecule has 11 rings (SSSR count). The van der Waals surface area contributed by atoms with Crippen molar-refractivity contribution in [1.82, 2.24) is 65.7 Å². The third kappa shape index (κ3) is 14.7. The van der Waals surface area contributed by atoms with Gasteiger partial charge in [0.2, 0.25) is 58.9 Å². The molecule has 8 atom stereocenters. The number of aliphatic carboxylic acids is 1. The summed E-state index contributed by atoms with van der Waals surface area (Å²) < 4.78 is 47.4. The Bertz CT molecular complexity index is 4430. The van der Waals surface area contributed by atoms with Crippen LogP contribution in [0.4, 0.5) is 0 Å². The number of rotatable bonds is 28. The van der Waals surface area contributed by atoms with Crippen molar-refractivity contribution in [3.63, 3.8) is 0 Å². The highest BCUT2D eigenvalue weighted by molar-refractivity contribution is 7.13. The SMILES string of the molecule is CC[C@H](C)[C@H](NC(=O)c1nc(-c2nc(-c3csc(-c4nc(-c5csc([C@H](CCCN=C(N)N)N(C)C)n5)oc4C)n3)oc2C)oc1C)C(=O)N[C@H](c1nc(-c2nc(-c3nc(-c4nc(C5=N[C@H](C(=O)N[C@@H](Cc6ccccc6)C(=O)O)C(C)O5)co4)co3)co2)co1)[C@@H](C)CC. The highest BCUT2D eigenvalue weighted by Gasteiger charge is 2.38. The van der Waals surface area contributed by atoms with Crippen LogP contribution in [0.25, 0.3) is 80.2 Å². The number of benzene rings is 1. The van der Waals surface area contributed by atoms with Crippen LogP contribution in [0.3, 0.4) is 0 Å². The lowest BCUT2D eigenvalue weighted by molar-refractivity contribution is -0.142. The number of aliphatic imine (C=N–C) groups is 2. The first-order valence-corrected chi connectivity index (χ1v) is 32.2. The second-order valence-corrected chi connectivity index (χ2v) is 24.7. The van der Waals surface area contributed by atoms with Crippen LogP contribution in [-0.2, 0) is 25.5 Å². The Labute approximate surface area is 550 Å². The molecule has 1 aliphatic rings. The number of oxazole rings is 7. The highest BCUT2D eigenvalue weighted by atomic mass is 32.1. The number of amides is 3. The molecule has 0 radical (unpaired) electrons. The molecule has 9 aromatic heterocycles. The third-order valence-corrected chi connectivity index (χ3v) is 17.7. The summed E-state index contributed by atoms with van der Waals surface area (Å²) in [4.78, 5) is 107. The van der Waals surface area contributed by atoms with E-state index >= 15 is 0 Å². The molecule has 95 heavy (non-hydrogen) atoms. The fourth-order valence-corrected chi connectivity index (χ4v) is 12.1. The van der Waals surface area contributed by atoms with Crippen LogP contribution in [0.5, 0.6) is 0 Å². The number of aromatic nitrogens is 9. The standard InChI is InChI=1S/C63H69N17O13S2/c1-11-28(3)43(74-51(83)46-31(6)93-59(77-46)47-32(7)91-56(78-47)41-27-95-61(73-41)48-33(8)92-57(79-48)40-26-94-60(72-40)42(80(9)10)19-16-20-66-63(64)65)49(81)75-44(29(4)12-2)58-71-38(24-89-58)54-69-36(22-87-54)52-68-37(23-86-52)53-70-39(25-88-53)55-76-45(30(5)90-55)50(82)67-35(62(84)85)21-34-17-14-13-15-18-34/h13-15,17-18,22-30,35,42-45H,11-12,16,19-21H2,1-10H3,(H,67,82)(H,74,83)(H,75,81)(H,84,85)(H4,64,65,66)/t28-,29-,30?,35-,42-,43-,44-,45-/m0/s1. The van der Waals surface area contributed by atoms with E-state index in [4.69, 9.17) is 67.1 Å². The lowest BCUT2D eigenvalue weighted by Crippen LogP contribution is -2.51. The van der Waals surface area contributed by atoms with Gasteiger partial charge in [0.05, 0.1) is 6.04 Å². The molecule has 0 aliphatic carbocycles. The zero-order chi connectivity index (χ0) is 67.4. The van der Waals surface area contributed by atoms with Gasteiger partial charge in [-0.3, -0.25) is 19.4 Å². The Hall–Kier alpha value is -10.5. The maximum atomic E-state index is 14.4. The van der Waals surface area contributed by atoms with Gasteiger partial charge < -0.3 is 73.1 Å². The van der Waals surface area contributed by atoms with Gasteiger partial charge >= 0.3 is 5.97 Å². The number of nitrogens with one attached hydrogen (secondary N) is 3. The second-order valence-electron chi connectivity index (χ2n) is 23.0. The first kappa shape index (κ1) is 66.0. The van der Waals surface area contributed by atoms with Crippen molar-refractivity contribution in [2.24, 2.45) is 33.3 Å². The first-order chi connectivity index (χ1) is 45.6. The van der Waals surface area contributed by atoms with Gasteiger partial charge in [-0.05, 0) is 72.0 Å². The summed E-state index contributed by atoms with van der Waals surface area (Å²) in [6, 6.07) is 4.97. The smallest absolute Gasteiger partial charge is 0.326 e. The number of aryl methyl sites for hydroxylation is 3. The number of nitrogens with zero attached hydrogens (tertiary/aromatic N) is 12. The van der Waals surface area contributed by atoms with Crippen molar-refractivity contribution in [2.45, 2.75) is 124 Å². The topological polar surface area (TPSA) is 422 Å². The van der Waals surface area contributed by atoms with Crippen molar-refractivity contribution in [2.75, 3.05) is 20.6 Å². The van der Waals surface area contributed by atoms with Crippen LogP contribution in [0.15, 0.2) is 107 Å². The number of guanidine groups is 1. The third-order valence-electron chi connectivity index (χ3n) is 15.9. The molecule has 0 bridgehead atoms. The molecule has 10 heterocycles. The summed E-state index contributed by atoms with van der Waals surface area (Å²) in [6.07, 6.45) is 7.32. The van der Waals surface area contributed by atoms with Gasteiger partial charge in [-0.2, -0.15) is 0 Å². The van der Waals surface area contributed by atoms with Crippen molar-refractivity contribution in [3.05, 3.63) is 111 Å². The van der Waals surface area contributed by atoms with Crippen molar-refractivity contribution in [1.29, 1.82) is 0 Å². The molecule has 1 unspecified atom stereocenters. The van der Waals surface area contributed by atoms with E-state index in [0.29, 0.717) is 58.9 Å². The summed E-state index contributed by atoms with van der Waals surface area (Å²) in [5.74, 6) is -1.39. The molecule has 1 aliphatic heterocycles. The Morgan fingerprint density at radius 2 is 1.27 bits per heavy atom. The normalized spacial score (nSPS) is 15.8. The number of hydrogen-bond donors (Lipinski definition) is 6. The lowest BCUT2D eigenvalue weighted by Gasteiger charge is -2.27. The average molecular weight is 1340 g/mol. The van der Waals surface area contributed by atoms with Crippen LogP contribution in [-0.4, -0.2) is 135 Å². The average Bonchev–Trinajstić information content (AvgIpc) is 1.66. The van der Waals surface area contributed by atoms with Gasteiger partial charge in [-0.15, -0.1) is 22.7 Å². The van der Waals surface area contributed by atoms with Gasteiger partial charge in [0, 0.05) is 23.7 Å². The summed E-state index contributed by atoms with van der Waals surface area (Å²) in [7, 11) is 4.00. The lowest BCUT2D eigenvalue weighted by atomic mass is 9.95. The molecule has 8 N–H and O–H groups in total. The van der Waals surface area contributed by atoms with Crippen molar-refractivity contribution < 1.29 is 59.9 Å². The van der Waals surface area contributed by atoms with Crippen LogP contribution < -0.4 is 27.4 Å². The number of nitrogens with two attached hydrogens (primary N) is 2. The predicted octanol–water partition coefficient (Wildman–Crippen LogP) is 9.16. The number of carboxylic acids is 1. The van der Waals surface area contributed by atoms with Crippen LogP contribution >= 0.6 is 22.7 Å². The highest BCUT2D eigenvalue weighted by Crippen LogP contribution is 2.38. The molecular weight excluding hydrogens is 1270 g/mol. The van der Waals surface area contributed by atoms with E-state index in [1.807, 2.05) is 60.2 Å². The minimum Gasteiger partial charge on any atom is -0.480 e. The quantitative estimate of drug-likeness (QED) is 0.0151. The molecule has 0 spiro atoms. The molecular formula is C63H69N17O13S2. The Morgan fingerprint density at radius 3 is 1.93 bits per heavy atom. The fourth-order valence-electron chi connectivity index (χ4n) is 10.3. The summed E-state index contributed by atoms with van der Waals surface area (Å²) in [6.45, 7) is 14.9. The number of hydrogen-bond acceptors (Lipinski definition) is 26. The van der Waals surface area contributed by atoms with E-state index in [9.17, 15) is 24.3 Å². The second kappa shape index (κ2) is 28.4. The molecule has 496 valence electrons. The minimum absolute atomic E-state index is 0.0200. The molecule has 0 saturated carbocycles. The minimum atomic E-state index is -1.19. The van der Waals surface area contributed by atoms with Crippen LogP contribution in [0, 0.1) is 32.6 Å². The Balaban J connectivity index is 0.718. The molecule has 3 amide bonds. The number of carboxylic acid groups (broad SMARTS) is 1. The van der Waals surface area contributed by atoms with E-state index < -0.39 is 54.0 Å². The van der Waals surface area contributed by atoms with Gasteiger partial charge in [0.15, 0.2) is 46.2 Å². The molecule has 1 aromatic carbocycles. The number of thiazole rings is 2. The number of ether oxygens (including phenoxy) is 1. The van der Waals surface area contributed by atoms with Crippen molar-refractivity contribution in [3.8, 4) is 80.2 Å². The molecule has 10 aromatic rings. The van der Waals surface area contributed by atoms with Gasteiger partial charge in [0.1, 0.15) is 93.7 Å². The van der Waals surface area contributed by atoms with Gasteiger partial charge in [0.25, 0.3) is 5.91 Å². The molecule has 0 saturated heterocycles. The summed E-state index contributed by atoms with van der Waals surface area (Å²) in [5.41, 5.74) is 14.3. The molecule has 0 fully saturated rings. The van der Waals surface area contributed by atoms with Crippen LogP contribution in [0.2, 0.25) is 0 Å².